The number of piperazine rings is 1. The summed E-state index contributed by atoms with van der Waals surface area (Å²) in [6, 6.07) is 10.1. The first-order chi connectivity index (χ1) is 9.03. The van der Waals surface area contributed by atoms with Gasteiger partial charge in [0.25, 0.3) is 0 Å². The summed E-state index contributed by atoms with van der Waals surface area (Å²) in [5.74, 6) is 0.121. The molecule has 0 bridgehead atoms. The smallest absolute Gasteiger partial charge is 0.243 e. The van der Waals surface area contributed by atoms with Crippen molar-refractivity contribution in [2.24, 2.45) is 0 Å². The molecule has 0 aromatic heterocycles. The summed E-state index contributed by atoms with van der Waals surface area (Å²) in [7, 11) is 1.91. The molecule has 1 aliphatic heterocycles. The fourth-order valence-corrected chi connectivity index (χ4v) is 2.59. The van der Waals surface area contributed by atoms with Crippen LogP contribution in [0.4, 0.5) is 5.69 Å². The third-order valence-electron chi connectivity index (χ3n) is 3.46. The quantitative estimate of drug-likeness (QED) is 0.860. The van der Waals surface area contributed by atoms with E-state index in [1.165, 1.54) is 0 Å². The second-order valence-corrected chi connectivity index (χ2v) is 5.74. The molecule has 1 aromatic carbocycles. The molecule has 1 amide bonds. The summed E-state index contributed by atoms with van der Waals surface area (Å²) in [6.45, 7) is 5.79. The standard InChI is InChI=1S/C15H23N3O/c1-15(2)11-18(12-7-5-4-6-8-12)13(9-10-16-3)14(19)17-15/h4-8,13,16H,9-11H2,1-3H3,(H,17,19). The summed E-state index contributed by atoms with van der Waals surface area (Å²) in [4.78, 5) is 14.5. The van der Waals surface area contributed by atoms with E-state index in [0.717, 1.165) is 25.2 Å². The minimum absolute atomic E-state index is 0.0946. The maximum absolute atomic E-state index is 12.3. The Morgan fingerprint density at radius 1 is 1.37 bits per heavy atom. The van der Waals surface area contributed by atoms with Crippen LogP contribution in [-0.2, 0) is 4.79 Å². The Morgan fingerprint density at radius 3 is 2.68 bits per heavy atom. The number of carbonyl (C=O) groups is 1. The highest BCUT2D eigenvalue weighted by Crippen LogP contribution is 2.25. The third kappa shape index (κ3) is 3.26. The zero-order valence-corrected chi connectivity index (χ0v) is 11.9. The van der Waals surface area contributed by atoms with Crippen LogP contribution in [0.3, 0.4) is 0 Å². The molecule has 0 spiro atoms. The van der Waals surface area contributed by atoms with Gasteiger partial charge < -0.3 is 15.5 Å². The summed E-state index contributed by atoms with van der Waals surface area (Å²) in [5.41, 5.74) is 0.926. The lowest BCUT2D eigenvalue weighted by molar-refractivity contribution is -0.125. The van der Waals surface area contributed by atoms with Gasteiger partial charge >= 0.3 is 0 Å². The van der Waals surface area contributed by atoms with Crippen molar-refractivity contribution in [3.63, 3.8) is 0 Å². The highest BCUT2D eigenvalue weighted by Gasteiger charge is 2.37. The van der Waals surface area contributed by atoms with E-state index in [4.69, 9.17) is 0 Å². The van der Waals surface area contributed by atoms with Gasteiger partial charge in [-0.3, -0.25) is 4.79 Å². The van der Waals surface area contributed by atoms with Crippen LogP contribution >= 0.6 is 0 Å². The van der Waals surface area contributed by atoms with Crippen molar-refractivity contribution in [3.05, 3.63) is 30.3 Å². The Kier molecular flexibility index (Phi) is 4.10. The average Bonchev–Trinajstić information content (AvgIpc) is 2.37. The number of nitrogens with zero attached hydrogens (tertiary/aromatic N) is 1. The molecule has 1 atom stereocenters. The fourth-order valence-electron chi connectivity index (χ4n) is 2.59. The largest absolute Gasteiger partial charge is 0.357 e. The van der Waals surface area contributed by atoms with Crippen LogP contribution in [-0.4, -0.2) is 37.6 Å². The molecule has 0 saturated carbocycles. The topological polar surface area (TPSA) is 44.4 Å². The Morgan fingerprint density at radius 2 is 2.05 bits per heavy atom. The van der Waals surface area contributed by atoms with Gasteiger partial charge in [-0.05, 0) is 46.0 Å². The number of hydrogen-bond donors (Lipinski definition) is 2. The van der Waals surface area contributed by atoms with Crippen LogP contribution in [0.25, 0.3) is 0 Å². The molecular weight excluding hydrogens is 238 g/mol. The molecule has 1 fully saturated rings. The second kappa shape index (κ2) is 5.61. The van der Waals surface area contributed by atoms with Gasteiger partial charge in [-0.25, -0.2) is 0 Å². The first-order valence-corrected chi connectivity index (χ1v) is 6.82. The predicted octanol–water partition coefficient (Wildman–Crippen LogP) is 1.38. The van der Waals surface area contributed by atoms with Gasteiger partial charge in [0.1, 0.15) is 6.04 Å². The normalized spacial score (nSPS) is 22.2. The fraction of sp³-hybridized carbons (Fsp3) is 0.533. The Hall–Kier alpha value is -1.55. The van der Waals surface area contributed by atoms with Crippen molar-refractivity contribution in [2.45, 2.75) is 31.8 Å². The van der Waals surface area contributed by atoms with Gasteiger partial charge in [-0.15, -0.1) is 0 Å². The van der Waals surface area contributed by atoms with Crippen LogP contribution in [0.15, 0.2) is 30.3 Å². The molecule has 2 rings (SSSR count). The van der Waals surface area contributed by atoms with Crippen molar-refractivity contribution in [3.8, 4) is 0 Å². The van der Waals surface area contributed by atoms with Crippen molar-refractivity contribution in [1.29, 1.82) is 0 Å². The van der Waals surface area contributed by atoms with E-state index in [0.29, 0.717) is 0 Å². The van der Waals surface area contributed by atoms with Crippen molar-refractivity contribution in [1.82, 2.24) is 10.6 Å². The van der Waals surface area contributed by atoms with Crippen molar-refractivity contribution < 1.29 is 4.79 Å². The van der Waals surface area contributed by atoms with E-state index < -0.39 is 0 Å². The third-order valence-corrected chi connectivity index (χ3v) is 3.46. The number of hydrogen-bond acceptors (Lipinski definition) is 3. The van der Waals surface area contributed by atoms with Crippen molar-refractivity contribution >= 4 is 11.6 Å². The number of amides is 1. The Labute approximate surface area is 115 Å². The van der Waals surface area contributed by atoms with Crippen LogP contribution in [0, 0.1) is 0 Å². The van der Waals surface area contributed by atoms with E-state index in [-0.39, 0.29) is 17.5 Å². The molecule has 4 heteroatoms. The van der Waals surface area contributed by atoms with Gasteiger partial charge in [0.2, 0.25) is 5.91 Å². The molecule has 0 aliphatic carbocycles. The van der Waals surface area contributed by atoms with Crippen LogP contribution < -0.4 is 15.5 Å². The number of carbonyl (C=O) groups excluding carboxylic acids is 1. The molecule has 4 nitrogen and oxygen atoms in total. The Bertz CT molecular complexity index is 430. The maximum Gasteiger partial charge on any atom is 0.243 e. The molecule has 19 heavy (non-hydrogen) atoms. The highest BCUT2D eigenvalue weighted by atomic mass is 16.2. The van der Waals surface area contributed by atoms with E-state index in [2.05, 4.69) is 41.5 Å². The summed E-state index contributed by atoms with van der Waals surface area (Å²) >= 11 is 0. The molecule has 2 N–H and O–H groups in total. The lowest BCUT2D eigenvalue weighted by atomic mass is 9.96. The monoisotopic (exact) mass is 261 g/mol. The van der Waals surface area contributed by atoms with E-state index >= 15 is 0 Å². The van der Waals surface area contributed by atoms with E-state index in [1.807, 2.05) is 25.2 Å². The van der Waals surface area contributed by atoms with Gasteiger partial charge in [-0.1, -0.05) is 18.2 Å². The van der Waals surface area contributed by atoms with Gasteiger partial charge in [0, 0.05) is 12.2 Å². The molecule has 1 unspecified atom stereocenters. The minimum Gasteiger partial charge on any atom is -0.357 e. The van der Waals surface area contributed by atoms with Gasteiger partial charge in [0.05, 0.1) is 5.54 Å². The molecule has 1 saturated heterocycles. The van der Waals surface area contributed by atoms with Crippen LogP contribution in [0.5, 0.6) is 0 Å². The number of rotatable bonds is 4. The van der Waals surface area contributed by atoms with Gasteiger partial charge in [0.15, 0.2) is 0 Å². The number of para-hydroxylation sites is 1. The number of nitrogens with one attached hydrogen (secondary N) is 2. The zero-order valence-electron chi connectivity index (χ0n) is 11.9. The summed E-state index contributed by atoms with van der Waals surface area (Å²) in [5, 5.41) is 6.23. The first-order valence-electron chi connectivity index (χ1n) is 6.82. The SMILES string of the molecule is CNCCC1C(=O)NC(C)(C)CN1c1ccccc1. The molecule has 1 heterocycles. The maximum atomic E-state index is 12.3. The second-order valence-electron chi connectivity index (χ2n) is 5.74. The first kappa shape index (κ1) is 13.9. The van der Waals surface area contributed by atoms with Crippen molar-refractivity contribution in [2.75, 3.05) is 25.0 Å². The van der Waals surface area contributed by atoms with E-state index in [9.17, 15) is 4.79 Å². The molecule has 1 aliphatic rings. The van der Waals surface area contributed by atoms with Crippen LogP contribution in [0.1, 0.15) is 20.3 Å². The average molecular weight is 261 g/mol. The number of anilines is 1. The minimum atomic E-state index is -0.191. The molecule has 1 aromatic rings. The number of benzene rings is 1. The van der Waals surface area contributed by atoms with Crippen LogP contribution in [0.2, 0.25) is 0 Å². The lowest BCUT2D eigenvalue weighted by Crippen LogP contribution is -2.65. The molecule has 104 valence electrons. The summed E-state index contributed by atoms with van der Waals surface area (Å²) < 4.78 is 0. The Balaban J connectivity index is 2.25. The highest BCUT2D eigenvalue weighted by molar-refractivity contribution is 5.87. The van der Waals surface area contributed by atoms with Gasteiger partial charge in [-0.2, -0.15) is 0 Å². The van der Waals surface area contributed by atoms with E-state index in [1.54, 1.807) is 0 Å². The molecule has 0 radical (unpaired) electrons. The predicted molar refractivity (Wildman–Crippen MR) is 78.3 cm³/mol. The summed E-state index contributed by atoms with van der Waals surface area (Å²) in [6.07, 6.45) is 0.813. The lowest BCUT2D eigenvalue weighted by Gasteiger charge is -2.45. The molecular formula is C15H23N3O. The zero-order chi connectivity index (χ0) is 13.9.